The molecule has 2 N–H and O–H groups in total. The van der Waals surface area contributed by atoms with Crippen LogP contribution >= 0.6 is 11.6 Å². The maximum absolute atomic E-state index is 12.0. The Labute approximate surface area is 136 Å². The maximum Gasteiger partial charge on any atom is 0.257 e. The van der Waals surface area contributed by atoms with Crippen molar-refractivity contribution < 1.29 is 17.9 Å². The average molecular weight is 349 g/mol. The van der Waals surface area contributed by atoms with Gasteiger partial charge in [0.25, 0.3) is 5.91 Å². The molecule has 124 valence electrons. The van der Waals surface area contributed by atoms with Crippen molar-refractivity contribution in [1.82, 2.24) is 10.0 Å². The van der Waals surface area contributed by atoms with E-state index in [0.29, 0.717) is 13.1 Å². The largest absolute Gasteiger partial charge is 0.482 e. The molecule has 0 heterocycles. The number of hydrogen-bond donors (Lipinski definition) is 2. The third-order valence-electron chi connectivity index (χ3n) is 2.77. The van der Waals surface area contributed by atoms with Crippen LogP contribution in [0.15, 0.2) is 23.1 Å². The number of carbonyl (C=O) groups is 1. The molecule has 1 rings (SSSR count). The number of carbonyl (C=O) groups excluding carboxylic acids is 1. The number of hydrogen-bond acceptors (Lipinski definition) is 4. The van der Waals surface area contributed by atoms with Crippen molar-refractivity contribution in [2.75, 3.05) is 19.7 Å². The van der Waals surface area contributed by atoms with Gasteiger partial charge in [0, 0.05) is 13.1 Å². The second kappa shape index (κ2) is 8.97. The maximum atomic E-state index is 12.0. The summed E-state index contributed by atoms with van der Waals surface area (Å²) in [6, 6.07) is 4.14. The van der Waals surface area contributed by atoms with Gasteiger partial charge < -0.3 is 10.1 Å². The Bertz CT molecular complexity index is 605. The van der Waals surface area contributed by atoms with Gasteiger partial charge in [-0.15, -0.1) is 0 Å². The van der Waals surface area contributed by atoms with Gasteiger partial charge in [-0.1, -0.05) is 24.9 Å². The quantitative estimate of drug-likeness (QED) is 0.668. The summed E-state index contributed by atoms with van der Waals surface area (Å²) >= 11 is 6.01. The lowest BCUT2D eigenvalue weighted by atomic mass is 10.3. The summed E-state index contributed by atoms with van der Waals surface area (Å²) in [4.78, 5) is 11.4. The number of amides is 1. The van der Waals surface area contributed by atoms with E-state index in [4.69, 9.17) is 16.3 Å². The fourth-order valence-electron chi connectivity index (χ4n) is 1.62. The summed E-state index contributed by atoms with van der Waals surface area (Å²) < 4.78 is 31.9. The third-order valence-corrected chi connectivity index (χ3v) is 4.52. The summed E-state index contributed by atoms with van der Waals surface area (Å²) in [5.74, 6) is -0.00285. The van der Waals surface area contributed by atoms with E-state index in [1.165, 1.54) is 18.2 Å². The number of benzene rings is 1. The van der Waals surface area contributed by atoms with Crippen LogP contribution in [0.5, 0.6) is 5.75 Å². The van der Waals surface area contributed by atoms with E-state index in [2.05, 4.69) is 10.0 Å². The summed E-state index contributed by atoms with van der Waals surface area (Å²) in [5.41, 5.74) is 0. The Kier molecular flexibility index (Phi) is 7.64. The molecule has 0 radical (unpaired) electrons. The van der Waals surface area contributed by atoms with Crippen molar-refractivity contribution in [3.63, 3.8) is 0 Å². The van der Waals surface area contributed by atoms with E-state index in [1.54, 1.807) is 6.92 Å². The van der Waals surface area contributed by atoms with Crippen molar-refractivity contribution in [3.05, 3.63) is 23.2 Å². The Balaban J connectivity index is 2.74. The van der Waals surface area contributed by atoms with Crippen LogP contribution in [0, 0.1) is 0 Å². The number of likely N-dealkylation sites (N-methyl/N-ethyl adjacent to an activating group) is 1. The van der Waals surface area contributed by atoms with Crippen molar-refractivity contribution in [2.24, 2.45) is 0 Å². The molecular weight excluding hydrogens is 328 g/mol. The van der Waals surface area contributed by atoms with E-state index in [0.717, 1.165) is 12.8 Å². The fourth-order valence-corrected chi connectivity index (χ4v) is 3.02. The lowest BCUT2D eigenvalue weighted by molar-refractivity contribution is -0.122. The van der Waals surface area contributed by atoms with Gasteiger partial charge in [0.15, 0.2) is 6.61 Å². The smallest absolute Gasteiger partial charge is 0.257 e. The Morgan fingerprint density at radius 1 is 1.32 bits per heavy atom. The molecule has 0 atom stereocenters. The van der Waals surface area contributed by atoms with E-state index in [-0.39, 0.29) is 28.2 Å². The molecule has 0 aliphatic rings. The molecule has 0 aliphatic heterocycles. The minimum Gasteiger partial charge on any atom is -0.482 e. The molecule has 1 aromatic carbocycles. The predicted octanol–water partition coefficient (Wildman–Crippen LogP) is 1.93. The SMILES string of the molecule is CCCCNS(=O)(=O)c1ccc(OCC(=O)NCC)c(Cl)c1. The molecule has 0 unspecified atom stereocenters. The van der Waals surface area contributed by atoms with Crippen LogP contribution in [-0.2, 0) is 14.8 Å². The molecule has 0 aromatic heterocycles. The number of ether oxygens (including phenoxy) is 1. The van der Waals surface area contributed by atoms with Crippen molar-refractivity contribution in [3.8, 4) is 5.75 Å². The van der Waals surface area contributed by atoms with E-state index < -0.39 is 10.0 Å². The Hall–Kier alpha value is -1.31. The molecule has 0 aliphatic carbocycles. The highest BCUT2D eigenvalue weighted by atomic mass is 35.5. The highest BCUT2D eigenvalue weighted by Crippen LogP contribution is 2.27. The second-order valence-electron chi connectivity index (χ2n) is 4.59. The zero-order valence-corrected chi connectivity index (χ0v) is 14.3. The van der Waals surface area contributed by atoms with Gasteiger partial charge >= 0.3 is 0 Å². The highest BCUT2D eigenvalue weighted by Gasteiger charge is 2.15. The van der Waals surface area contributed by atoms with Gasteiger partial charge in [0.1, 0.15) is 5.75 Å². The normalized spacial score (nSPS) is 11.2. The minimum absolute atomic E-state index is 0.0685. The average Bonchev–Trinajstić information content (AvgIpc) is 2.46. The zero-order valence-electron chi connectivity index (χ0n) is 12.7. The van der Waals surface area contributed by atoms with Gasteiger partial charge in [0.05, 0.1) is 9.92 Å². The molecule has 0 fully saturated rings. The molecule has 0 spiro atoms. The number of unbranched alkanes of at least 4 members (excludes halogenated alkanes) is 1. The summed E-state index contributed by atoms with van der Waals surface area (Å²) in [6.45, 7) is 4.50. The molecule has 6 nitrogen and oxygen atoms in total. The molecular formula is C14H21ClN2O4S. The van der Waals surface area contributed by atoms with Crippen LogP contribution in [0.2, 0.25) is 5.02 Å². The van der Waals surface area contributed by atoms with Crippen LogP contribution in [0.4, 0.5) is 0 Å². The lowest BCUT2D eigenvalue weighted by Crippen LogP contribution is -2.28. The first-order chi connectivity index (χ1) is 10.4. The van der Waals surface area contributed by atoms with Gasteiger partial charge in [-0.25, -0.2) is 13.1 Å². The standard InChI is InChI=1S/C14H21ClN2O4S/c1-3-5-8-17-22(19,20)11-6-7-13(12(15)9-11)21-10-14(18)16-4-2/h6-7,9,17H,3-5,8,10H2,1-2H3,(H,16,18). The number of nitrogens with one attached hydrogen (secondary N) is 2. The van der Waals surface area contributed by atoms with Crippen LogP contribution in [0.3, 0.4) is 0 Å². The molecule has 1 aromatic rings. The summed E-state index contributed by atoms with van der Waals surface area (Å²) in [7, 11) is -3.58. The molecule has 0 bridgehead atoms. The number of rotatable bonds is 9. The first-order valence-corrected chi connectivity index (χ1v) is 8.95. The van der Waals surface area contributed by atoms with Crippen LogP contribution in [0.25, 0.3) is 0 Å². The van der Waals surface area contributed by atoms with Gasteiger partial charge in [-0.2, -0.15) is 0 Å². The molecule has 8 heteroatoms. The zero-order chi connectivity index (χ0) is 16.6. The van der Waals surface area contributed by atoms with Crippen LogP contribution < -0.4 is 14.8 Å². The van der Waals surface area contributed by atoms with E-state index in [1.807, 2.05) is 6.92 Å². The first-order valence-electron chi connectivity index (χ1n) is 7.09. The van der Waals surface area contributed by atoms with Gasteiger partial charge in [0.2, 0.25) is 10.0 Å². The fraction of sp³-hybridized carbons (Fsp3) is 0.500. The van der Waals surface area contributed by atoms with Crippen molar-refractivity contribution >= 4 is 27.5 Å². The summed E-state index contributed by atoms with van der Waals surface area (Å²) in [6.07, 6.45) is 1.66. The highest BCUT2D eigenvalue weighted by molar-refractivity contribution is 7.89. The van der Waals surface area contributed by atoms with Gasteiger partial charge in [-0.05, 0) is 31.5 Å². The molecule has 0 saturated heterocycles. The molecule has 0 saturated carbocycles. The number of halogens is 1. The lowest BCUT2D eigenvalue weighted by Gasteiger charge is -2.10. The molecule has 1 amide bonds. The van der Waals surface area contributed by atoms with Crippen LogP contribution in [-0.4, -0.2) is 34.0 Å². The van der Waals surface area contributed by atoms with Crippen molar-refractivity contribution in [2.45, 2.75) is 31.6 Å². The van der Waals surface area contributed by atoms with Crippen molar-refractivity contribution in [1.29, 1.82) is 0 Å². The second-order valence-corrected chi connectivity index (χ2v) is 6.76. The van der Waals surface area contributed by atoms with Crippen LogP contribution in [0.1, 0.15) is 26.7 Å². The van der Waals surface area contributed by atoms with E-state index in [9.17, 15) is 13.2 Å². The monoisotopic (exact) mass is 348 g/mol. The Morgan fingerprint density at radius 3 is 2.64 bits per heavy atom. The Morgan fingerprint density at radius 2 is 2.05 bits per heavy atom. The minimum atomic E-state index is -3.58. The van der Waals surface area contributed by atoms with Gasteiger partial charge in [-0.3, -0.25) is 4.79 Å². The topological polar surface area (TPSA) is 84.5 Å². The summed E-state index contributed by atoms with van der Waals surface area (Å²) in [5, 5.41) is 2.73. The third kappa shape index (κ3) is 5.82. The van der Waals surface area contributed by atoms with E-state index >= 15 is 0 Å². The number of sulfonamides is 1. The molecule has 22 heavy (non-hydrogen) atoms. The predicted molar refractivity (Wildman–Crippen MR) is 85.7 cm³/mol. The first kappa shape index (κ1) is 18.7.